The van der Waals surface area contributed by atoms with Crippen molar-refractivity contribution in [3.05, 3.63) is 35.9 Å². The molecule has 2 nitrogen and oxygen atoms in total. The summed E-state index contributed by atoms with van der Waals surface area (Å²) >= 11 is 0. The van der Waals surface area contributed by atoms with E-state index in [0.717, 1.165) is 23.8 Å². The van der Waals surface area contributed by atoms with Crippen LogP contribution in [0.1, 0.15) is 77.7 Å². The molecule has 0 N–H and O–H groups in total. The van der Waals surface area contributed by atoms with E-state index >= 15 is 0 Å². The molecule has 2 aliphatic heterocycles. The maximum atomic E-state index is 2.90. The van der Waals surface area contributed by atoms with Gasteiger partial charge in [-0.3, -0.25) is 0 Å². The molecule has 0 amide bonds. The number of piperidine rings is 2. The van der Waals surface area contributed by atoms with E-state index in [2.05, 4.69) is 60.9 Å². The van der Waals surface area contributed by atoms with Gasteiger partial charge in [0.25, 0.3) is 0 Å². The molecule has 3 unspecified atom stereocenters. The molecule has 0 aromatic heterocycles. The predicted molar refractivity (Wildman–Crippen MR) is 126 cm³/mol. The van der Waals surface area contributed by atoms with Crippen LogP contribution in [0.3, 0.4) is 0 Å². The van der Waals surface area contributed by atoms with Crippen LogP contribution in [0.4, 0.5) is 0 Å². The van der Waals surface area contributed by atoms with Crippen molar-refractivity contribution in [1.29, 1.82) is 0 Å². The van der Waals surface area contributed by atoms with Gasteiger partial charge in [-0.05, 0) is 101 Å². The number of rotatable bonds is 10. The maximum absolute atomic E-state index is 2.90. The molecule has 0 spiro atoms. The number of hydrogen-bond donors (Lipinski definition) is 0. The lowest BCUT2D eigenvalue weighted by Gasteiger charge is -2.46. The Labute approximate surface area is 181 Å². The third-order valence-electron chi connectivity index (χ3n) is 7.38. The van der Waals surface area contributed by atoms with Crippen molar-refractivity contribution in [1.82, 2.24) is 9.80 Å². The first-order valence-electron chi connectivity index (χ1n) is 12.7. The lowest BCUT2D eigenvalue weighted by molar-refractivity contribution is 0.0326. The Morgan fingerprint density at radius 1 is 1.00 bits per heavy atom. The van der Waals surface area contributed by atoms with Crippen molar-refractivity contribution in [3.63, 3.8) is 0 Å². The van der Waals surface area contributed by atoms with Crippen molar-refractivity contribution < 1.29 is 0 Å². The fraction of sp³-hybridized carbons (Fsp3) is 0.778. The molecule has 164 valence electrons. The van der Waals surface area contributed by atoms with Crippen LogP contribution in [0.15, 0.2) is 30.3 Å². The quantitative estimate of drug-likeness (QED) is 0.459. The lowest BCUT2D eigenvalue weighted by Crippen LogP contribution is -2.52. The zero-order valence-electron chi connectivity index (χ0n) is 19.5. The van der Waals surface area contributed by atoms with E-state index in [9.17, 15) is 0 Å². The minimum atomic E-state index is 0.817. The molecule has 2 heteroatoms. The minimum absolute atomic E-state index is 0.817. The van der Waals surface area contributed by atoms with Crippen molar-refractivity contribution in [2.45, 2.75) is 84.6 Å². The highest BCUT2D eigenvalue weighted by atomic mass is 15.2. The Morgan fingerprint density at radius 3 is 2.59 bits per heavy atom. The van der Waals surface area contributed by atoms with E-state index in [4.69, 9.17) is 0 Å². The second-order valence-corrected chi connectivity index (χ2v) is 10.3. The first-order valence-corrected chi connectivity index (χ1v) is 12.7. The molecule has 3 atom stereocenters. The summed E-state index contributed by atoms with van der Waals surface area (Å²) in [5, 5.41) is 0. The highest BCUT2D eigenvalue weighted by Crippen LogP contribution is 2.34. The molecule has 0 aliphatic carbocycles. The van der Waals surface area contributed by atoms with Gasteiger partial charge in [0.05, 0.1) is 0 Å². The summed E-state index contributed by atoms with van der Waals surface area (Å²) in [6.45, 7) is 13.7. The second-order valence-electron chi connectivity index (χ2n) is 10.3. The van der Waals surface area contributed by atoms with Crippen molar-refractivity contribution in [2.75, 3.05) is 32.7 Å². The molecule has 2 fully saturated rings. The van der Waals surface area contributed by atoms with Gasteiger partial charge in [0.2, 0.25) is 0 Å². The average Bonchev–Trinajstić information content (AvgIpc) is 2.73. The fourth-order valence-electron chi connectivity index (χ4n) is 5.72. The van der Waals surface area contributed by atoms with Crippen LogP contribution >= 0.6 is 0 Å². The van der Waals surface area contributed by atoms with Crippen LogP contribution in [0.25, 0.3) is 0 Å². The fourth-order valence-corrected chi connectivity index (χ4v) is 5.72. The number of hydrogen-bond acceptors (Lipinski definition) is 2. The molecule has 0 bridgehead atoms. The first kappa shape index (κ1) is 22.8. The van der Waals surface area contributed by atoms with E-state index in [1.54, 1.807) is 0 Å². The Kier molecular flexibility index (Phi) is 9.52. The van der Waals surface area contributed by atoms with Crippen molar-refractivity contribution in [2.24, 2.45) is 17.8 Å². The topological polar surface area (TPSA) is 6.48 Å². The minimum Gasteiger partial charge on any atom is -0.303 e. The van der Waals surface area contributed by atoms with Crippen LogP contribution in [0.2, 0.25) is 0 Å². The van der Waals surface area contributed by atoms with E-state index < -0.39 is 0 Å². The molecular formula is C27H46N2. The second kappa shape index (κ2) is 12.1. The van der Waals surface area contributed by atoms with Gasteiger partial charge in [-0.15, -0.1) is 0 Å². The van der Waals surface area contributed by atoms with Gasteiger partial charge < -0.3 is 9.80 Å². The molecule has 3 rings (SSSR count). The molecule has 0 radical (unpaired) electrons. The summed E-state index contributed by atoms with van der Waals surface area (Å²) in [5.41, 5.74) is 1.54. The summed E-state index contributed by atoms with van der Waals surface area (Å²) in [4.78, 5) is 5.70. The molecule has 2 saturated heterocycles. The SMILES string of the molecule is CCCCN1CCC(Cc2ccccc2)CC1C1CCCN(CCCC(C)C)C1. The Hall–Kier alpha value is -0.860. The molecule has 2 aliphatic rings. The Balaban J connectivity index is 1.59. The number of nitrogens with zero attached hydrogens (tertiary/aromatic N) is 2. The number of unbranched alkanes of at least 4 members (excludes halogenated alkanes) is 1. The zero-order valence-corrected chi connectivity index (χ0v) is 19.5. The van der Waals surface area contributed by atoms with Crippen LogP contribution in [-0.4, -0.2) is 48.6 Å². The molecular weight excluding hydrogens is 352 g/mol. The van der Waals surface area contributed by atoms with Crippen molar-refractivity contribution in [3.8, 4) is 0 Å². The molecule has 0 saturated carbocycles. The monoisotopic (exact) mass is 398 g/mol. The summed E-state index contributed by atoms with van der Waals surface area (Å²) in [5.74, 6) is 2.60. The van der Waals surface area contributed by atoms with E-state index in [1.165, 1.54) is 96.1 Å². The van der Waals surface area contributed by atoms with E-state index in [0.29, 0.717) is 0 Å². The summed E-state index contributed by atoms with van der Waals surface area (Å²) in [6, 6.07) is 12.0. The van der Waals surface area contributed by atoms with Gasteiger partial charge >= 0.3 is 0 Å². The summed E-state index contributed by atoms with van der Waals surface area (Å²) in [6.07, 6.45) is 12.4. The van der Waals surface area contributed by atoms with Crippen LogP contribution in [0.5, 0.6) is 0 Å². The van der Waals surface area contributed by atoms with Gasteiger partial charge in [0.1, 0.15) is 0 Å². The van der Waals surface area contributed by atoms with Gasteiger partial charge in [-0.2, -0.15) is 0 Å². The molecule has 1 aromatic carbocycles. The van der Waals surface area contributed by atoms with Crippen molar-refractivity contribution >= 4 is 0 Å². The third-order valence-corrected chi connectivity index (χ3v) is 7.38. The smallest absolute Gasteiger partial charge is 0.0138 e. The lowest BCUT2D eigenvalue weighted by atomic mass is 9.78. The molecule has 1 aromatic rings. The Morgan fingerprint density at radius 2 is 1.83 bits per heavy atom. The predicted octanol–water partition coefficient (Wildman–Crippen LogP) is 6.26. The molecule has 29 heavy (non-hydrogen) atoms. The average molecular weight is 399 g/mol. The van der Waals surface area contributed by atoms with E-state index in [-0.39, 0.29) is 0 Å². The van der Waals surface area contributed by atoms with Gasteiger partial charge in [0, 0.05) is 12.6 Å². The molecule has 2 heterocycles. The third kappa shape index (κ3) is 7.40. The van der Waals surface area contributed by atoms with Crippen LogP contribution < -0.4 is 0 Å². The number of benzene rings is 1. The van der Waals surface area contributed by atoms with Gasteiger partial charge in [-0.1, -0.05) is 57.5 Å². The highest BCUT2D eigenvalue weighted by Gasteiger charge is 2.35. The first-order chi connectivity index (χ1) is 14.2. The van der Waals surface area contributed by atoms with Gasteiger partial charge in [0.15, 0.2) is 0 Å². The zero-order chi connectivity index (χ0) is 20.5. The number of likely N-dealkylation sites (tertiary alicyclic amines) is 2. The van der Waals surface area contributed by atoms with Gasteiger partial charge in [-0.25, -0.2) is 0 Å². The normalized spacial score (nSPS) is 26.8. The summed E-state index contributed by atoms with van der Waals surface area (Å²) in [7, 11) is 0. The van der Waals surface area contributed by atoms with Crippen LogP contribution in [-0.2, 0) is 6.42 Å². The highest BCUT2D eigenvalue weighted by molar-refractivity contribution is 5.15. The largest absolute Gasteiger partial charge is 0.303 e. The Bertz CT molecular complexity index is 555. The maximum Gasteiger partial charge on any atom is 0.0138 e. The standard InChI is InChI=1S/C27H46N2/c1-4-5-18-29-19-15-25(20-24-12-7-6-8-13-24)21-27(29)26-14-10-17-28(22-26)16-9-11-23(2)3/h6-8,12-13,23,25-27H,4-5,9-11,14-22H2,1-3H3. The van der Waals surface area contributed by atoms with Crippen LogP contribution in [0, 0.1) is 17.8 Å². The van der Waals surface area contributed by atoms with E-state index in [1.807, 2.05) is 0 Å². The summed E-state index contributed by atoms with van der Waals surface area (Å²) < 4.78 is 0.